The number of para-hydroxylation sites is 1. The molecule has 1 amide bonds. The molecule has 1 aliphatic carbocycles. The van der Waals surface area contributed by atoms with Gasteiger partial charge in [0.1, 0.15) is 0 Å². The van der Waals surface area contributed by atoms with Crippen molar-refractivity contribution in [3.63, 3.8) is 0 Å². The molecule has 1 aromatic carbocycles. The lowest BCUT2D eigenvalue weighted by Gasteiger charge is -2.13. The van der Waals surface area contributed by atoms with Crippen LogP contribution in [-0.4, -0.2) is 17.0 Å². The minimum Gasteiger partial charge on any atom is -0.478 e. The summed E-state index contributed by atoms with van der Waals surface area (Å²) < 4.78 is 0. The van der Waals surface area contributed by atoms with Crippen LogP contribution in [0.3, 0.4) is 0 Å². The number of aryl methyl sites for hydroxylation is 1. The topological polar surface area (TPSA) is 66.4 Å². The normalized spacial score (nSPS) is 13.5. The number of carboxylic acid groups (broad SMARTS) is 1. The van der Waals surface area contributed by atoms with E-state index in [2.05, 4.69) is 5.32 Å². The van der Waals surface area contributed by atoms with E-state index in [-0.39, 0.29) is 11.5 Å². The van der Waals surface area contributed by atoms with Gasteiger partial charge in [-0.05, 0) is 43.4 Å². The van der Waals surface area contributed by atoms with Crippen molar-refractivity contribution in [2.24, 2.45) is 0 Å². The number of fused-ring (bicyclic) bond motifs is 1. The number of aromatic carboxylic acids is 1. The molecule has 4 nitrogen and oxygen atoms in total. The standard InChI is InChI=1S/C16H15NO3S/c18-15(12-9-21-14-8-4-2-5-10(12)14)17-13-7-3-1-6-11(13)16(19)20/h1,3,6-7,9H,2,4-5,8H2,(H,17,18)(H,19,20). The highest BCUT2D eigenvalue weighted by atomic mass is 32.1. The van der Waals surface area contributed by atoms with E-state index in [1.807, 2.05) is 5.38 Å². The second kappa shape index (κ2) is 5.69. The summed E-state index contributed by atoms with van der Waals surface area (Å²) in [5.74, 6) is -1.26. The molecular weight excluding hydrogens is 286 g/mol. The van der Waals surface area contributed by atoms with Gasteiger partial charge in [-0.3, -0.25) is 4.79 Å². The third-order valence-electron chi connectivity index (χ3n) is 3.71. The average molecular weight is 301 g/mol. The molecule has 3 rings (SSSR count). The van der Waals surface area contributed by atoms with E-state index in [0.717, 1.165) is 24.8 Å². The number of anilines is 1. The largest absolute Gasteiger partial charge is 0.478 e. The van der Waals surface area contributed by atoms with Gasteiger partial charge in [0.25, 0.3) is 5.91 Å². The van der Waals surface area contributed by atoms with Crippen molar-refractivity contribution in [1.29, 1.82) is 0 Å². The van der Waals surface area contributed by atoms with Crippen LogP contribution in [0.25, 0.3) is 0 Å². The maximum absolute atomic E-state index is 12.4. The Morgan fingerprint density at radius 3 is 2.67 bits per heavy atom. The molecule has 2 aromatic rings. The van der Waals surface area contributed by atoms with Crippen molar-refractivity contribution in [3.05, 3.63) is 51.2 Å². The molecule has 2 N–H and O–H groups in total. The van der Waals surface area contributed by atoms with Crippen LogP contribution in [0.15, 0.2) is 29.6 Å². The highest BCUT2D eigenvalue weighted by Gasteiger charge is 2.21. The Hall–Kier alpha value is -2.14. The van der Waals surface area contributed by atoms with Gasteiger partial charge in [0, 0.05) is 10.3 Å². The molecule has 1 aromatic heterocycles. The van der Waals surface area contributed by atoms with Gasteiger partial charge in [-0.25, -0.2) is 4.79 Å². The van der Waals surface area contributed by atoms with Gasteiger partial charge in [0.15, 0.2) is 0 Å². The molecule has 0 saturated heterocycles. The van der Waals surface area contributed by atoms with E-state index in [4.69, 9.17) is 5.11 Å². The Kier molecular flexibility index (Phi) is 3.75. The van der Waals surface area contributed by atoms with E-state index in [1.165, 1.54) is 17.4 Å². The summed E-state index contributed by atoms with van der Waals surface area (Å²) in [4.78, 5) is 24.9. The number of thiophene rings is 1. The van der Waals surface area contributed by atoms with Crippen LogP contribution in [0.1, 0.15) is 44.0 Å². The summed E-state index contributed by atoms with van der Waals surface area (Å²) in [6.07, 6.45) is 4.26. The van der Waals surface area contributed by atoms with Crippen molar-refractivity contribution < 1.29 is 14.7 Å². The van der Waals surface area contributed by atoms with Crippen molar-refractivity contribution in [2.45, 2.75) is 25.7 Å². The number of nitrogens with one attached hydrogen (secondary N) is 1. The van der Waals surface area contributed by atoms with E-state index in [9.17, 15) is 9.59 Å². The van der Waals surface area contributed by atoms with Gasteiger partial charge < -0.3 is 10.4 Å². The molecule has 0 saturated carbocycles. The number of carbonyl (C=O) groups excluding carboxylic acids is 1. The smallest absolute Gasteiger partial charge is 0.337 e. The molecule has 0 unspecified atom stereocenters. The van der Waals surface area contributed by atoms with E-state index in [1.54, 1.807) is 29.5 Å². The summed E-state index contributed by atoms with van der Waals surface area (Å²) in [6.45, 7) is 0. The first kappa shape index (κ1) is 13.8. The second-order valence-electron chi connectivity index (χ2n) is 5.06. The van der Waals surface area contributed by atoms with Crippen LogP contribution in [0.5, 0.6) is 0 Å². The molecule has 0 bridgehead atoms. The zero-order valence-corrected chi connectivity index (χ0v) is 12.2. The molecule has 1 aliphatic rings. The number of benzene rings is 1. The number of hydrogen-bond donors (Lipinski definition) is 2. The van der Waals surface area contributed by atoms with Gasteiger partial charge in [-0.2, -0.15) is 0 Å². The first-order chi connectivity index (χ1) is 10.2. The third-order valence-corrected chi connectivity index (χ3v) is 4.80. The summed E-state index contributed by atoms with van der Waals surface area (Å²) in [5.41, 5.74) is 2.27. The number of amides is 1. The zero-order chi connectivity index (χ0) is 14.8. The lowest BCUT2D eigenvalue weighted by molar-refractivity contribution is 0.0698. The lowest BCUT2D eigenvalue weighted by Crippen LogP contribution is -2.16. The van der Waals surface area contributed by atoms with E-state index < -0.39 is 5.97 Å². The molecule has 0 radical (unpaired) electrons. The first-order valence-corrected chi connectivity index (χ1v) is 7.77. The van der Waals surface area contributed by atoms with Crippen molar-refractivity contribution >= 4 is 28.9 Å². The van der Waals surface area contributed by atoms with Gasteiger partial charge >= 0.3 is 5.97 Å². The Bertz CT molecular complexity index is 705. The minimum atomic E-state index is -1.04. The van der Waals surface area contributed by atoms with E-state index in [0.29, 0.717) is 11.3 Å². The molecule has 1 heterocycles. The Balaban J connectivity index is 1.87. The Morgan fingerprint density at radius 1 is 1.10 bits per heavy atom. The number of carbonyl (C=O) groups is 2. The maximum Gasteiger partial charge on any atom is 0.337 e. The van der Waals surface area contributed by atoms with Crippen LogP contribution in [-0.2, 0) is 12.8 Å². The Morgan fingerprint density at radius 2 is 1.86 bits per heavy atom. The predicted molar refractivity (Wildman–Crippen MR) is 82.3 cm³/mol. The molecule has 0 atom stereocenters. The van der Waals surface area contributed by atoms with E-state index >= 15 is 0 Å². The highest BCUT2D eigenvalue weighted by Crippen LogP contribution is 2.30. The van der Waals surface area contributed by atoms with Crippen molar-refractivity contribution in [1.82, 2.24) is 0 Å². The van der Waals surface area contributed by atoms with Crippen LogP contribution in [0, 0.1) is 0 Å². The quantitative estimate of drug-likeness (QED) is 0.910. The fraction of sp³-hybridized carbons (Fsp3) is 0.250. The third kappa shape index (κ3) is 2.69. The minimum absolute atomic E-state index is 0.106. The number of carboxylic acids is 1. The second-order valence-corrected chi connectivity index (χ2v) is 6.03. The molecule has 5 heteroatoms. The average Bonchev–Trinajstić information content (AvgIpc) is 2.91. The SMILES string of the molecule is O=C(O)c1ccccc1NC(=O)c1csc2c1CCCC2. The predicted octanol–water partition coefficient (Wildman–Crippen LogP) is 3.58. The fourth-order valence-corrected chi connectivity index (χ4v) is 3.78. The first-order valence-electron chi connectivity index (χ1n) is 6.89. The molecule has 21 heavy (non-hydrogen) atoms. The monoisotopic (exact) mass is 301 g/mol. The van der Waals surface area contributed by atoms with Crippen LogP contribution < -0.4 is 5.32 Å². The van der Waals surface area contributed by atoms with Gasteiger partial charge in [-0.1, -0.05) is 12.1 Å². The van der Waals surface area contributed by atoms with Gasteiger partial charge in [-0.15, -0.1) is 11.3 Å². The lowest BCUT2D eigenvalue weighted by atomic mass is 9.95. The van der Waals surface area contributed by atoms with Crippen LogP contribution >= 0.6 is 11.3 Å². The number of rotatable bonds is 3. The Labute approximate surface area is 126 Å². The molecular formula is C16H15NO3S. The highest BCUT2D eigenvalue weighted by molar-refractivity contribution is 7.10. The molecule has 0 aliphatic heterocycles. The molecule has 0 fully saturated rings. The summed E-state index contributed by atoms with van der Waals surface area (Å²) in [5, 5.41) is 13.8. The van der Waals surface area contributed by atoms with Crippen LogP contribution in [0.2, 0.25) is 0 Å². The van der Waals surface area contributed by atoms with Crippen molar-refractivity contribution in [3.8, 4) is 0 Å². The molecule has 0 spiro atoms. The maximum atomic E-state index is 12.4. The fourth-order valence-electron chi connectivity index (χ4n) is 2.65. The summed E-state index contributed by atoms with van der Waals surface area (Å²) in [7, 11) is 0. The van der Waals surface area contributed by atoms with Crippen molar-refractivity contribution in [2.75, 3.05) is 5.32 Å². The van der Waals surface area contributed by atoms with Gasteiger partial charge in [0.05, 0.1) is 16.8 Å². The summed E-state index contributed by atoms with van der Waals surface area (Å²) >= 11 is 1.62. The molecule has 108 valence electrons. The summed E-state index contributed by atoms with van der Waals surface area (Å²) in [6, 6.07) is 6.46. The van der Waals surface area contributed by atoms with Crippen LogP contribution in [0.4, 0.5) is 5.69 Å². The number of hydrogen-bond acceptors (Lipinski definition) is 3. The zero-order valence-electron chi connectivity index (χ0n) is 11.4. The van der Waals surface area contributed by atoms with Gasteiger partial charge in [0.2, 0.25) is 0 Å².